The summed E-state index contributed by atoms with van der Waals surface area (Å²) < 4.78 is 5.38. The molecule has 6 atom stereocenters. The summed E-state index contributed by atoms with van der Waals surface area (Å²) in [6, 6.07) is 3.34. The monoisotopic (exact) mass is 590 g/mol. The smallest absolute Gasteiger partial charge is 0.315 e. The SMILES string of the molecule is CC(=O)C(OC(=O)CCCC[C@@H]1SC[C@@H]2NC(=O)N[C@@H]21)[C@@H](NC(=O)C(Cl)Cl)[C@H](O)c1ccc([N+](=O)[O-])cc1. The van der Waals surface area contributed by atoms with Gasteiger partial charge in [-0.05, 0) is 37.5 Å². The molecule has 1 unspecified atom stereocenters. The molecule has 12 nitrogen and oxygen atoms in total. The zero-order chi connectivity index (χ0) is 28.0. The number of halogens is 2. The van der Waals surface area contributed by atoms with Gasteiger partial charge in [0.1, 0.15) is 12.1 Å². The molecular formula is C23H28Cl2N4O8S. The Labute approximate surface area is 232 Å². The Morgan fingerprint density at radius 1 is 1.24 bits per heavy atom. The van der Waals surface area contributed by atoms with Crippen LogP contribution in [0, 0.1) is 10.1 Å². The van der Waals surface area contributed by atoms with Gasteiger partial charge in [0.2, 0.25) is 0 Å². The maximum absolute atomic E-state index is 12.6. The third-order valence-electron chi connectivity index (χ3n) is 6.34. The van der Waals surface area contributed by atoms with Crippen molar-refractivity contribution in [3.05, 3.63) is 39.9 Å². The Bertz CT molecular complexity index is 1060. The molecule has 0 radical (unpaired) electrons. The molecule has 0 bridgehead atoms. The highest BCUT2D eigenvalue weighted by Crippen LogP contribution is 2.33. The van der Waals surface area contributed by atoms with Gasteiger partial charge in [0.25, 0.3) is 11.6 Å². The Morgan fingerprint density at radius 3 is 2.53 bits per heavy atom. The first-order chi connectivity index (χ1) is 18.0. The van der Waals surface area contributed by atoms with E-state index >= 15 is 0 Å². The number of unbranched alkanes of at least 4 members (excludes halogenated alkanes) is 1. The van der Waals surface area contributed by atoms with Crippen molar-refractivity contribution < 1.29 is 33.9 Å². The maximum atomic E-state index is 12.6. The first-order valence-electron chi connectivity index (χ1n) is 11.9. The van der Waals surface area contributed by atoms with Crippen LogP contribution >= 0.6 is 35.0 Å². The van der Waals surface area contributed by atoms with Gasteiger partial charge in [-0.15, -0.1) is 0 Å². The molecule has 208 valence electrons. The van der Waals surface area contributed by atoms with Crippen LogP contribution in [0.1, 0.15) is 44.3 Å². The highest BCUT2D eigenvalue weighted by Gasteiger charge is 2.42. The minimum Gasteiger partial charge on any atom is -0.452 e. The summed E-state index contributed by atoms with van der Waals surface area (Å²) in [6.07, 6.45) is -1.25. The number of aliphatic hydroxyl groups excluding tert-OH is 1. The Hall–Kier alpha value is -2.61. The van der Waals surface area contributed by atoms with Crippen molar-refractivity contribution in [1.82, 2.24) is 16.0 Å². The highest BCUT2D eigenvalue weighted by molar-refractivity contribution is 8.00. The van der Waals surface area contributed by atoms with Gasteiger partial charge in [-0.3, -0.25) is 24.5 Å². The molecular weight excluding hydrogens is 563 g/mol. The lowest BCUT2D eigenvalue weighted by Crippen LogP contribution is -2.52. The number of alkyl halides is 2. The number of benzene rings is 1. The van der Waals surface area contributed by atoms with Crippen molar-refractivity contribution in [1.29, 1.82) is 0 Å². The van der Waals surface area contributed by atoms with Gasteiger partial charge in [0, 0.05) is 29.6 Å². The van der Waals surface area contributed by atoms with Crippen LogP contribution < -0.4 is 16.0 Å². The second-order valence-electron chi connectivity index (χ2n) is 9.02. The first-order valence-corrected chi connectivity index (χ1v) is 13.8. The van der Waals surface area contributed by atoms with E-state index in [1.54, 1.807) is 11.8 Å². The topological polar surface area (TPSA) is 177 Å². The number of aliphatic hydroxyl groups is 1. The third-order valence-corrected chi connectivity index (χ3v) is 8.24. The van der Waals surface area contributed by atoms with Crippen LogP contribution in [0.25, 0.3) is 0 Å². The number of ether oxygens (including phenoxy) is 1. The second-order valence-corrected chi connectivity index (χ2v) is 11.4. The third kappa shape index (κ3) is 7.71. The standard InChI is InChI=1S/C23H28Cl2N4O8S/c1-11(30)20(37-16(31)5-3-2-4-15-17-14(10-38-15)26-23(34)28-17)18(27-22(33)21(24)25)19(32)12-6-8-13(9-7-12)29(35)36/h6-9,14-15,17-21,32H,2-5,10H2,1H3,(H,27,33)(H2,26,28,34)/t14-,15-,17-,18-,19+,20?/m0/s1. The van der Waals surface area contributed by atoms with Crippen LogP contribution in [-0.4, -0.2) is 73.8 Å². The number of carbonyl (C=O) groups is 4. The fourth-order valence-corrected chi connectivity index (χ4v) is 6.09. The largest absolute Gasteiger partial charge is 0.452 e. The number of rotatable bonds is 13. The van der Waals surface area contributed by atoms with Gasteiger partial charge in [0.15, 0.2) is 16.7 Å². The van der Waals surface area contributed by atoms with E-state index in [1.807, 2.05) is 0 Å². The number of esters is 1. The number of thioether (sulfide) groups is 1. The quantitative estimate of drug-likeness (QED) is 0.0668. The predicted octanol–water partition coefficient (Wildman–Crippen LogP) is 2.14. The zero-order valence-electron chi connectivity index (χ0n) is 20.3. The Kier molecular flexibility index (Phi) is 10.6. The van der Waals surface area contributed by atoms with E-state index in [9.17, 15) is 34.4 Å². The number of amides is 3. The number of hydrogen-bond donors (Lipinski definition) is 4. The molecule has 1 aromatic rings. The van der Waals surface area contributed by atoms with Gasteiger partial charge in [0.05, 0.1) is 17.0 Å². The fourth-order valence-electron chi connectivity index (χ4n) is 4.42. The van der Waals surface area contributed by atoms with E-state index in [0.717, 1.165) is 31.2 Å². The van der Waals surface area contributed by atoms with Gasteiger partial charge < -0.3 is 25.8 Å². The molecule has 0 spiro atoms. The van der Waals surface area contributed by atoms with Gasteiger partial charge in [-0.2, -0.15) is 11.8 Å². The number of urea groups is 1. The molecule has 2 heterocycles. The summed E-state index contributed by atoms with van der Waals surface area (Å²) in [5.41, 5.74) is -0.0967. The lowest BCUT2D eigenvalue weighted by atomic mass is 9.95. The molecule has 0 aliphatic carbocycles. The average Bonchev–Trinajstić information content (AvgIpc) is 3.42. The number of ketones is 1. The summed E-state index contributed by atoms with van der Waals surface area (Å²) in [6.45, 7) is 1.14. The molecule has 38 heavy (non-hydrogen) atoms. The molecule has 4 N–H and O–H groups in total. The summed E-state index contributed by atoms with van der Waals surface area (Å²) in [7, 11) is 0. The van der Waals surface area contributed by atoms with Crippen molar-refractivity contribution in [2.24, 2.45) is 0 Å². The Balaban J connectivity index is 1.62. The molecule has 3 amide bonds. The number of Topliss-reactive ketones (excluding diaryl/α,β-unsaturated/α-hetero) is 1. The molecule has 2 aliphatic rings. The molecule has 3 rings (SSSR count). The normalized spacial score (nSPS) is 22.6. The van der Waals surface area contributed by atoms with Crippen LogP contribution in [0.15, 0.2) is 24.3 Å². The van der Waals surface area contributed by atoms with Gasteiger partial charge in [-0.25, -0.2) is 4.79 Å². The van der Waals surface area contributed by atoms with Crippen molar-refractivity contribution in [3.63, 3.8) is 0 Å². The number of nitrogens with one attached hydrogen (secondary N) is 3. The maximum Gasteiger partial charge on any atom is 0.315 e. The lowest BCUT2D eigenvalue weighted by Gasteiger charge is -2.30. The van der Waals surface area contributed by atoms with Gasteiger partial charge in [-0.1, -0.05) is 29.6 Å². The molecule has 1 aromatic carbocycles. The van der Waals surface area contributed by atoms with Crippen LogP contribution in [0.4, 0.5) is 10.5 Å². The number of fused-ring (bicyclic) bond motifs is 1. The number of nitro benzene ring substituents is 1. The predicted molar refractivity (Wildman–Crippen MR) is 140 cm³/mol. The first kappa shape index (κ1) is 29.9. The number of non-ortho nitro benzene ring substituents is 1. The van der Waals surface area contributed by atoms with Crippen LogP contribution in [0.2, 0.25) is 0 Å². The molecule has 15 heteroatoms. The van der Waals surface area contributed by atoms with E-state index in [-0.39, 0.29) is 41.0 Å². The van der Waals surface area contributed by atoms with Crippen molar-refractivity contribution in [3.8, 4) is 0 Å². The Morgan fingerprint density at radius 2 is 1.92 bits per heavy atom. The number of hydrogen-bond acceptors (Lipinski definition) is 9. The lowest BCUT2D eigenvalue weighted by molar-refractivity contribution is -0.384. The van der Waals surface area contributed by atoms with Crippen molar-refractivity contribution >= 4 is 64.3 Å². The summed E-state index contributed by atoms with van der Waals surface area (Å²) in [5, 5.41) is 30.2. The van der Waals surface area contributed by atoms with Crippen molar-refractivity contribution in [2.45, 2.75) is 73.0 Å². The van der Waals surface area contributed by atoms with E-state index in [4.69, 9.17) is 27.9 Å². The van der Waals surface area contributed by atoms with E-state index in [1.165, 1.54) is 12.1 Å². The van der Waals surface area contributed by atoms with Crippen LogP contribution in [-0.2, 0) is 19.1 Å². The summed E-state index contributed by atoms with van der Waals surface area (Å²) in [4.78, 5) is 57.6. The number of nitrogens with zero attached hydrogens (tertiary/aromatic N) is 1. The van der Waals surface area contributed by atoms with E-state index in [0.29, 0.717) is 12.8 Å². The minimum absolute atomic E-state index is 0.0121. The summed E-state index contributed by atoms with van der Waals surface area (Å²) >= 11 is 13.0. The minimum atomic E-state index is -1.59. The zero-order valence-corrected chi connectivity index (χ0v) is 22.6. The van der Waals surface area contributed by atoms with E-state index < -0.39 is 45.7 Å². The molecule has 0 aromatic heterocycles. The number of nitro groups is 1. The molecule has 2 aliphatic heterocycles. The molecule has 2 saturated heterocycles. The van der Waals surface area contributed by atoms with Gasteiger partial charge >= 0.3 is 12.0 Å². The molecule has 0 saturated carbocycles. The van der Waals surface area contributed by atoms with Crippen molar-refractivity contribution in [2.75, 3.05) is 5.75 Å². The van der Waals surface area contributed by atoms with E-state index in [2.05, 4.69) is 16.0 Å². The fraction of sp³-hybridized carbons (Fsp3) is 0.565. The summed E-state index contributed by atoms with van der Waals surface area (Å²) in [5.74, 6) is -1.46. The molecule has 2 fully saturated rings. The van der Waals surface area contributed by atoms with Crippen LogP contribution in [0.3, 0.4) is 0 Å². The highest BCUT2D eigenvalue weighted by atomic mass is 35.5. The average molecular weight is 591 g/mol. The number of carbonyl (C=O) groups excluding carboxylic acids is 4. The van der Waals surface area contributed by atoms with Crippen LogP contribution in [0.5, 0.6) is 0 Å². The second kappa shape index (κ2) is 13.5.